The van der Waals surface area contributed by atoms with Crippen molar-refractivity contribution in [2.75, 3.05) is 0 Å². The minimum absolute atomic E-state index is 0.254. The van der Waals surface area contributed by atoms with Crippen LogP contribution in [0.15, 0.2) is 87.6 Å². The SMILES string of the molecule is Cc1ccc(SC2=N[C@H](S(=O)(=O)c3ccc(C)cc3)[C@@H](c3ccc(C)cc3)O2)cc1. The van der Waals surface area contributed by atoms with Crippen molar-refractivity contribution < 1.29 is 13.2 Å². The third kappa shape index (κ3) is 4.30. The van der Waals surface area contributed by atoms with E-state index in [1.54, 1.807) is 24.3 Å². The molecular weight excluding hydrogens is 414 g/mol. The summed E-state index contributed by atoms with van der Waals surface area (Å²) in [7, 11) is -3.72. The minimum Gasteiger partial charge on any atom is -0.461 e. The topological polar surface area (TPSA) is 55.7 Å². The van der Waals surface area contributed by atoms with Crippen molar-refractivity contribution in [3.05, 3.63) is 95.1 Å². The molecular formula is C24H23NO3S2. The highest BCUT2D eigenvalue weighted by atomic mass is 32.2. The number of aliphatic imine (C=N–C) groups is 1. The van der Waals surface area contributed by atoms with Gasteiger partial charge in [-0.25, -0.2) is 13.4 Å². The highest BCUT2D eigenvalue weighted by Crippen LogP contribution is 2.39. The second kappa shape index (κ2) is 8.28. The second-order valence-electron chi connectivity index (χ2n) is 7.51. The second-order valence-corrected chi connectivity index (χ2v) is 10.6. The normalized spacial score (nSPS) is 18.7. The van der Waals surface area contributed by atoms with Gasteiger partial charge in [0, 0.05) is 4.90 Å². The minimum atomic E-state index is -3.72. The molecule has 0 amide bonds. The molecule has 4 rings (SSSR count). The van der Waals surface area contributed by atoms with Crippen LogP contribution in [0.1, 0.15) is 28.4 Å². The van der Waals surface area contributed by atoms with Crippen LogP contribution in [0.3, 0.4) is 0 Å². The Kier molecular flexibility index (Phi) is 5.71. The van der Waals surface area contributed by atoms with Gasteiger partial charge in [-0.05, 0) is 62.4 Å². The van der Waals surface area contributed by atoms with Crippen LogP contribution >= 0.6 is 11.8 Å². The number of hydrogen-bond acceptors (Lipinski definition) is 5. The molecule has 0 radical (unpaired) electrons. The van der Waals surface area contributed by atoms with Crippen LogP contribution in [0.25, 0.3) is 0 Å². The number of benzene rings is 3. The van der Waals surface area contributed by atoms with Crippen molar-refractivity contribution in [3.8, 4) is 0 Å². The van der Waals surface area contributed by atoms with Crippen LogP contribution in [0.4, 0.5) is 0 Å². The lowest BCUT2D eigenvalue weighted by Crippen LogP contribution is -2.24. The monoisotopic (exact) mass is 437 g/mol. The van der Waals surface area contributed by atoms with Crippen LogP contribution in [0, 0.1) is 20.8 Å². The summed E-state index contributed by atoms with van der Waals surface area (Å²) in [6.45, 7) is 5.95. The van der Waals surface area contributed by atoms with Gasteiger partial charge >= 0.3 is 0 Å². The highest BCUT2D eigenvalue weighted by molar-refractivity contribution is 8.13. The number of thioether (sulfide) groups is 1. The third-order valence-corrected chi connectivity index (χ3v) is 7.82. The van der Waals surface area contributed by atoms with Crippen LogP contribution < -0.4 is 0 Å². The first-order valence-electron chi connectivity index (χ1n) is 9.69. The molecule has 0 saturated heterocycles. The van der Waals surface area contributed by atoms with E-state index in [4.69, 9.17) is 4.74 Å². The first-order valence-corrected chi connectivity index (χ1v) is 12.1. The van der Waals surface area contributed by atoms with Gasteiger partial charge in [0.15, 0.2) is 6.10 Å². The lowest BCUT2D eigenvalue weighted by molar-refractivity contribution is 0.224. The van der Waals surface area contributed by atoms with Crippen molar-refractivity contribution in [2.45, 2.75) is 42.0 Å². The molecule has 6 heteroatoms. The van der Waals surface area contributed by atoms with Crippen LogP contribution in [-0.2, 0) is 14.6 Å². The van der Waals surface area contributed by atoms with Crippen molar-refractivity contribution in [2.24, 2.45) is 4.99 Å². The fourth-order valence-corrected chi connectivity index (χ4v) is 5.64. The maximum absolute atomic E-state index is 13.4. The number of nitrogens with zero attached hydrogens (tertiary/aromatic N) is 1. The van der Waals surface area contributed by atoms with Crippen molar-refractivity contribution in [1.29, 1.82) is 0 Å². The van der Waals surface area contributed by atoms with E-state index in [0.717, 1.165) is 27.1 Å². The smallest absolute Gasteiger partial charge is 0.252 e. The van der Waals surface area contributed by atoms with E-state index in [-0.39, 0.29) is 4.90 Å². The first kappa shape index (κ1) is 20.7. The summed E-state index contributed by atoms with van der Waals surface area (Å²) < 4.78 is 33.0. The lowest BCUT2D eigenvalue weighted by Gasteiger charge is -2.18. The molecule has 30 heavy (non-hydrogen) atoms. The molecule has 0 saturated carbocycles. The summed E-state index contributed by atoms with van der Waals surface area (Å²) in [5.74, 6) is 0. The van der Waals surface area contributed by atoms with Crippen LogP contribution in [0.5, 0.6) is 0 Å². The van der Waals surface area contributed by atoms with Crippen molar-refractivity contribution >= 4 is 26.8 Å². The van der Waals surface area contributed by atoms with Gasteiger partial charge in [0.05, 0.1) is 4.90 Å². The zero-order valence-corrected chi connectivity index (χ0v) is 18.7. The van der Waals surface area contributed by atoms with E-state index in [1.165, 1.54) is 11.8 Å². The average molecular weight is 438 g/mol. The molecule has 1 aliphatic rings. The molecule has 4 nitrogen and oxygen atoms in total. The van der Waals surface area contributed by atoms with E-state index in [1.807, 2.05) is 69.3 Å². The maximum atomic E-state index is 13.4. The predicted molar refractivity (Wildman–Crippen MR) is 122 cm³/mol. The molecule has 1 aliphatic heterocycles. The molecule has 154 valence electrons. The van der Waals surface area contributed by atoms with Gasteiger partial charge < -0.3 is 4.74 Å². The van der Waals surface area contributed by atoms with Crippen molar-refractivity contribution in [3.63, 3.8) is 0 Å². The Morgan fingerprint density at radius 2 is 1.27 bits per heavy atom. The Hall–Kier alpha value is -2.57. The molecule has 3 aromatic rings. The van der Waals surface area contributed by atoms with Crippen molar-refractivity contribution in [1.82, 2.24) is 0 Å². The third-order valence-electron chi connectivity index (χ3n) is 5.02. The molecule has 1 heterocycles. The molecule has 0 aliphatic carbocycles. The fourth-order valence-electron chi connectivity index (χ4n) is 3.21. The van der Waals surface area contributed by atoms with E-state index in [0.29, 0.717) is 5.23 Å². The predicted octanol–water partition coefficient (Wildman–Crippen LogP) is 5.63. The van der Waals surface area contributed by atoms with E-state index in [2.05, 4.69) is 4.99 Å². The quantitative estimate of drug-likeness (QED) is 0.531. The van der Waals surface area contributed by atoms with E-state index < -0.39 is 21.3 Å². The summed E-state index contributed by atoms with van der Waals surface area (Å²) in [4.78, 5) is 5.73. The molecule has 0 N–H and O–H groups in total. The molecule has 2 atom stereocenters. The molecule has 0 unspecified atom stereocenters. The Balaban J connectivity index is 1.71. The summed E-state index contributed by atoms with van der Waals surface area (Å²) in [5.41, 5.74) is 4.06. The summed E-state index contributed by atoms with van der Waals surface area (Å²) in [6.07, 6.45) is -0.690. The van der Waals surface area contributed by atoms with Gasteiger partial charge in [0.25, 0.3) is 5.23 Å². The summed E-state index contributed by atoms with van der Waals surface area (Å²) >= 11 is 1.34. The largest absolute Gasteiger partial charge is 0.461 e. The molecule has 0 aromatic heterocycles. The number of sulfone groups is 1. The zero-order chi connectivity index (χ0) is 21.3. The van der Waals surface area contributed by atoms with Gasteiger partial charge in [-0.2, -0.15) is 0 Å². The average Bonchev–Trinajstić information content (AvgIpc) is 3.15. The standard InChI is InChI=1S/C24H23NO3S2/c1-16-4-10-19(11-5-16)22-23(30(26,27)21-14-8-18(3)9-15-21)25-24(28-22)29-20-12-6-17(2)7-13-20/h4-15,22-23H,1-3H3/t22-,23-/m1/s1. The number of aryl methyl sites for hydroxylation is 3. The molecule has 0 fully saturated rings. The van der Waals surface area contributed by atoms with E-state index in [9.17, 15) is 8.42 Å². The van der Waals surface area contributed by atoms with Gasteiger partial charge in [-0.1, -0.05) is 65.2 Å². The highest BCUT2D eigenvalue weighted by Gasteiger charge is 2.42. The zero-order valence-electron chi connectivity index (χ0n) is 17.1. The number of ether oxygens (including phenoxy) is 1. The number of hydrogen-bond donors (Lipinski definition) is 0. The Labute approximate surface area is 181 Å². The summed E-state index contributed by atoms with van der Waals surface area (Å²) in [6, 6.07) is 22.6. The Morgan fingerprint density at radius 3 is 1.83 bits per heavy atom. The first-order chi connectivity index (χ1) is 14.3. The lowest BCUT2D eigenvalue weighted by atomic mass is 10.1. The molecule has 0 bridgehead atoms. The molecule has 3 aromatic carbocycles. The van der Waals surface area contributed by atoms with Crippen LogP contribution in [-0.4, -0.2) is 19.0 Å². The van der Waals surface area contributed by atoms with Gasteiger partial charge in [0.2, 0.25) is 15.2 Å². The number of rotatable bonds is 4. The summed E-state index contributed by atoms with van der Waals surface area (Å²) in [5, 5.41) is -0.666. The maximum Gasteiger partial charge on any atom is 0.252 e. The Morgan fingerprint density at radius 1 is 0.767 bits per heavy atom. The molecule has 0 spiro atoms. The van der Waals surface area contributed by atoms with Gasteiger partial charge in [-0.3, -0.25) is 0 Å². The van der Waals surface area contributed by atoms with Gasteiger partial charge in [0.1, 0.15) is 0 Å². The van der Waals surface area contributed by atoms with E-state index >= 15 is 0 Å². The van der Waals surface area contributed by atoms with Gasteiger partial charge in [-0.15, -0.1) is 0 Å². The van der Waals surface area contributed by atoms with Crippen LogP contribution in [0.2, 0.25) is 0 Å². The Bertz CT molecular complexity index is 1170. The fraction of sp³-hybridized carbons (Fsp3) is 0.208.